The number of rotatable bonds is 10. The summed E-state index contributed by atoms with van der Waals surface area (Å²) in [5, 5.41) is 6.64. The van der Waals surface area contributed by atoms with E-state index in [1.165, 1.54) is 17.7 Å². The van der Waals surface area contributed by atoms with Gasteiger partial charge in [0.2, 0.25) is 0 Å². The van der Waals surface area contributed by atoms with E-state index < -0.39 is 0 Å². The first-order chi connectivity index (χ1) is 12.8. The maximum absolute atomic E-state index is 6.00. The van der Waals surface area contributed by atoms with Crippen molar-refractivity contribution in [1.82, 2.24) is 10.6 Å². The first-order valence-electron chi connectivity index (χ1n) is 9.06. The first kappa shape index (κ1) is 20.2. The Balaban J connectivity index is 1.76. The second-order valence-electron chi connectivity index (χ2n) is 5.84. The molecule has 0 aliphatic rings. The molecule has 0 aliphatic carbocycles. The van der Waals surface area contributed by atoms with Gasteiger partial charge in [-0.05, 0) is 36.5 Å². The van der Waals surface area contributed by atoms with Gasteiger partial charge in [0.1, 0.15) is 12.4 Å². The molecule has 2 N–H and O–H groups in total. The van der Waals surface area contributed by atoms with Crippen LogP contribution in [0.5, 0.6) is 5.75 Å². The van der Waals surface area contributed by atoms with Crippen LogP contribution in [0.15, 0.2) is 59.6 Å². The largest absolute Gasteiger partial charge is 0.491 e. The predicted molar refractivity (Wildman–Crippen MR) is 114 cm³/mol. The monoisotopic (exact) mass is 371 g/mol. The highest BCUT2D eigenvalue weighted by atomic mass is 32.2. The number of hydrogen-bond acceptors (Lipinski definition) is 3. The molecule has 0 aliphatic heterocycles. The van der Waals surface area contributed by atoms with Gasteiger partial charge in [-0.3, -0.25) is 4.99 Å². The molecule has 26 heavy (non-hydrogen) atoms. The van der Waals surface area contributed by atoms with Crippen LogP contribution in [0.25, 0.3) is 11.1 Å². The van der Waals surface area contributed by atoms with Crippen molar-refractivity contribution in [3.63, 3.8) is 0 Å². The molecule has 2 aromatic carbocycles. The Morgan fingerprint density at radius 1 is 0.962 bits per heavy atom. The number of guanidine groups is 1. The highest BCUT2D eigenvalue weighted by Gasteiger charge is 2.05. The van der Waals surface area contributed by atoms with E-state index in [0.29, 0.717) is 13.2 Å². The van der Waals surface area contributed by atoms with Crippen LogP contribution in [0, 0.1) is 0 Å². The molecule has 2 aromatic rings. The van der Waals surface area contributed by atoms with E-state index >= 15 is 0 Å². The van der Waals surface area contributed by atoms with Crippen LogP contribution in [0.1, 0.15) is 12.8 Å². The van der Waals surface area contributed by atoms with Crippen LogP contribution >= 0.6 is 11.8 Å². The van der Waals surface area contributed by atoms with Crippen LogP contribution in [-0.2, 0) is 0 Å². The number of nitrogens with zero attached hydrogens (tertiary/aromatic N) is 1. The summed E-state index contributed by atoms with van der Waals surface area (Å²) in [4.78, 5) is 4.25. The van der Waals surface area contributed by atoms with Gasteiger partial charge in [-0.1, -0.05) is 48.5 Å². The SMILES string of the molecule is CN=C(NCCCCSC)NCCOc1ccccc1-c1ccccc1. The molecule has 0 radical (unpaired) electrons. The third kappa shape index (κ3) is 7.00. The molecular formula is C21H29N3OS. The fourth-order valence-electron chi connectivity index (χ4n) is 2.58. The normalized spacial score (nSPS) is 11.2. The fraction of sp³-hybridized carbons (Fsp3) is 0.381. The number of thioether (sulfide) groups is 1. The lowest BCUT2D eigenvalue weighted by Crippen LogP contribution is -2.39. The number of para-hydroxylation sites is 1. The number of ether oxygens (including phenoxy) is 1. The molecule has 0 unspecified atom stereocenters. The van der Waals surface area contributed by atoms with Crippen LogP contribution < -0.4 is 15.4 Å². The van der Waals surface area contributed by atoms with Gasteiger partial charge in [0.25, 0.3) is 0 Å². The van der Waals surface area contributed by atoms with Crippen molar-refractivity contribution in [1.29, 1.82) is 0 Å². The van der Waals surface area contributed by atoms with Gasteiger partial charge in [0.15, 0.2) is 5.96 Å². The molecular weight excluding hydrogens is 342 g/mol. The van der Waals surface area contributed by atoms with Crippen molar-refractivity contribution in [3.8, 4) is 16.9 Å². The van der Waals surface area contributed by atoms with Crippen LogP contribution in [0.4, 0.5) is 0 Å². The third-order valence-corrected chi connectivity index (χ3v) is 4.61. The molecule has 0 aromatic heterocycles. The molecule has 0 bridgehead atoms. The number of aliphatic imine (C=N–C) groups is 1. The highest BCUT2D eigenvalue weighted by molar-refractivity contribution is 7.98. The van der Waals surface area contributed by atoms with E-state index in [4.69, 9.17) is 4.74 Å². The lowest BCUT2D eigenvalue weighted by Gasteiger charge is -2.14. The van der Waals surface area contributed by atoms with Gasteiger partial charge in [-0.25, -0.2) is 0 Å². The second-order valence-corrected chi connectivity index (χ2v) is 6.82. The second kappa shape index (κ2) is 12.3. The summed E-state index contributed by atoms with van der Waals surface area (Å²) in [6, 6.07) is 18.5. The van der Waals surface area contributed by atoms with Crippen molar-refractivity contribution in [3.05, 3.63) is 54.6 Å². The number of unbranched alkanes of at least 4 members (excludes halogenated alkanes) is 1. The molecule has 5 heteroatoms. The summed E-state index contributed by atoms with van der Waals surface area (Å²) in [6.45, 7) is 2.22. The summed E-state index contributed by atoms with van der Waals surface area (Å²) in [6.07, 6.45) is 4.52. The van der Waals surface area contributed by atoms with Gasteiger partial charge in [0, 0.05) is 19.2 Å². The molecule has 0 saturated carbocycles. The molecule has 0 heterocycles. The van der Waals surface area contributed by atoms with E-state index in [2.05, 4.69) is 40.1 Å². The number of benzene rings is 2. The van der Waals surface area contributed by atoms with E-state index in [1.54, 1.807) is 7.05 Å². The van der Waals surface area contributed by atoms with Crippen molar-refractivity contribution in [2.75, 3.05) is 38.8 Å². The minimum atomic E-state index is 0.580. The van der Waals surface area contributed by atoms with Crippen LogP contribution in [-0.4, -0.2) is 44.7 Å². The molecule has 4 nitrogen and oxygen atoms in total. The fourth-order valence-corrected chi connectivity index (χ4v) is 3.07. The summed E-state index contributed by atoms with van der Waals surface area (Å²) < 4.78 is 6.00. The van der Waals surface area contributed by atoms with Gasteiger partial charge < -0.3 is 15.4 Å². The molecule has 0 fully saturated rings. The zero-order valence-corrected chi connectivity index (χ0v) is 16.5. The Morgan fingerprint density at radius 3 is 2.46 bits per heavy atom. The topological polar surface area (TPSA) is 45.7 Å². The Bertz CT molecular complexity index is 661. The van der Waals surface area contributed by atoms with E-state index in [0.717, 1.165) is 30.2 Å². The van der Waals surface area contributed by atoms with Crippen molar-refractivity contribution in [2.45, 2.75) is 12.8 Å². The predicted octanol–water partition coefficient (Wildman–Crippen LogP) is 4.04. The maximum atomic E-state index is 6.00. The first-order valence-corrected chi connectivity index (χ1v) is 10.4. The molecule has 2 rings (SSSR count). The van der Waals surface area contributed by atoms with Crippen molar-refractivity contribution >= 4 is 17.7 Å². The lowest BCUT2D eigenvalue weighted by molar-refractivity contribution is 0.323. The van der Waals surface area contributed by atoms with Crippen LogP contribution in [0.2, 0.25) is 0 Å². The van der Waals surface area contributed by atoms with Crippen molar-refractivity contribution < 1.29 is 4.74 Å². The zero-order chi connectivity index (χ0) is 18.5. The Kier molecular flexibility index (Phi) is 9.51. The van der Waals surface area contributed by atoms with E-state index in [-0.39, 0.29) is 0 Å². The van der Waals surface area contributed by atoms with Crippen LogP contribution in [0.3, 0.4) is 0 Å². The zero-order valence-electron chi connectivity index (χ0n) is 15.7. The lowest BCUT2D eigenvalue weighted by atomic mass is 10.1. The third-order valence-electron chi connectivity index (χ3n) is 3.92. The summed E-state index contributed by atoms with van der Waals surface area (Å²) in [5.41, 5.74) is 2.28. The highest BCUT2D eigenvalue weighted by Crippen LogP contribution is 2.29. The smallest absolute Gasteiger partial charge is 0.191 e. The van der Waals surface area contributed by atoms with E-state index in [9.17, 15) is 0 Å². The Labute approximate surface area is 161 Å². The molecule has 0 spiro atoms. The molecule has 140 valence electrons. The summed E-state index contributed by atoms with van der Waals surface area (Å²) >= 11 is 1.89. The summed E-state index contributed by atoms with van der Waals surface area (Å²) in [7, 11) is 1.79. The Hall–Kier alpha value is -2.14. The van der Waals surface area contributed by atoms with Crippen molar-refractivity contribution in [2.24, 2.45) is 4.99 Å². The quantitative estimate of drug-likeness (QED) is 0.376. The molecule has 0 saturated heterocycles. The standard InChI is InChI=1S/C21H29N3OS/c1-22-21(23-14-8-9-17-26-2)24-15-16-25-20-13-7-6-12-19(20)18-10-4-3-5-11-18/h3-7,10-13H,8-9,14-17H2,1-2H3,(H2,22,23,24). The number of nitrogens with one attached hydrogen (secondary N) is 2. The van der Waals surface area contributed by atoms with E-state index in [1.807, 2.05) is 48.2 Å². The Morgan fingerprint density at radius 2 is 1.69 bits per heavy atom. The van der Waals surface area contributed by atoms with Gasteiger partial charge in [0.05, 0.1) is 6.54 Å². The van der Waals surface area contributed by atoms with Gasteiger partial charge in [-0.15, -0.1) is 0 Å². The summed E-state index contributed by atoms with van der Waals surface area (Å²) in [5.74, 6) is 2.94. The average Bonchev–Trinajstić information content (AvgIpc) is 2.70. The minimum absolute atomic E-state index is 0.580. The minimum Gasteiger partial charge on any atom is -0.491 e. The molecule has 0 atom stereocenters. The maximum Gasteiger partial charge on any atom is 0.191 e. The number of hydrogen-bond donors (Lipinski definition) is 2. The molecule has 0 amide bonds. The average molecular weight is 372 g/mol. The van der Waals surface area contributed by atoms with Gasteiger partial charge in [-0.2, -0.15) is 11.8 Å². The van der Waals surface area contributed by atoms with Gasteiger partial charge >= 0.3 is 0 Å².